The summed E-state index contributed by atoms with van der Waals surface area (Å²) < 4.78 is 5.62. The van der Waals surface area contributed by atoms with E-state index in [2.05, 4.69) is 9.97 Å². The van der Waals surface area contributed by atoms with Gasteiger partial charge < -0.3 is 19.4 Å². The summed E-state index contributed by atoms with van der Waals surface area (Å²) in [7, 11) is 0. The van der Waals surface area contributed by atoms with E-state index in [1.165, 1.54) is 0 Å². The molecule has 0 spiro atoms. The van der Waals surface area contributed by atoms with Crippen LogP contribution in [0, 0.1) is 0 Å². The largest absolute Gasteiger partial charge is 0.372 e. The normalized spacial score (nSPS) is 24.8. The summed E-state index contributed by atoms with van der Waals surface area (Å²) in [5, 5.41) is 0. The fourth-order valence-electron chi connectivity index (χ4n) is 3.18. The van der Waals surface area contributed by atoms with Gasteiger partial charge in [0.05, 0.1) is 12.2 Å². The number of carbonyl (C=O) groups excluding carboxylic acids is 2. The summed E-state index contributed by atoms with van der Waals surface area (Å²) in [5.74, 6) is -0.196. The van der Waals surface area contributed by atoms with Crippen LogP contribution in [0.1, 0.15) is 13.8 Å². The summed E-state index contributed by atoms with van der Waals surface area (Å²) in [6.45, 7) is 7.01. The van der Waals surface area contributed by atoms with Gasteiger partial charge in [0.2, 0.25) is 5.95 Å². The third kappa shape index (κ3) is 3.64. The first-order valence-corrected chi connectivity index (χ1v) is 8.30. The van der Waals surface area contributed by atoms with Gasteiger partial charge in [-0.1, -0.05) is 0 Å². The number of piperazine rings is 1. The van der Waals surface area contributed by atoms with Crippen LogP contribution in [0.4, 0.5) is 5.95 Å². The van der Waals surface area contributed by atoms with Gasteiger partial charge in [-0.25, -0.2) is 9.97 Å². The lowest BCUT2D eigenvalue weighted by atomic mass is 10.2. The number of nitrogens with zero attached hydrogens (tertiary/aromatic N) is 5. The summed E-state index contributed by atoms with van der Waals surface area (Å²) in [6, 6.07) is 1.77. The van der Waals surface area contributed by atoms with E-state index in [0.29, 0.717) is 45.2 Å². The van der Waals surface area contributed by atoms with Crippen LogP contribution in [-0.4, -0.2) is 83.1 Å². The number of aromatic nitrogens is 2. The molecule has 0 radical (unpaired) electrons. The van der Waals surface area contributed by atoms with E-state index in [0.717, 1.165) is 0 Å². The molecular formula is C16H23N5O3. The van der Waals surface area contributed by atoms with Crippen molar-refractivity contribution < 1.29 is 14.3 Å². The number of amides is 2. The van der Waals surface area contributed by atoms with E-state index >= 15 is 0 Å². The Labute approximate surface area is 141 Å². The lowest BCUT2D eigenvalue weighted by molar-refractivity contribution is -0.158. The van der Waals surface area contributed by atoms with Crippen molar-refractivity contribution >= 4 is 17.8 Å². The van der Waals surface area contributed by atoms with Crippen molar-refractivity contribution in [3.63, 3.8) is 0 Å². The number of hydrogen-bond donors (Lipinski definition) is 0. The number of ether oxygens (including phenoxy) is 1. The van der Waals surface area contributed by atoms with Crippen molar-refractivity contribution in [3.8, 4) is 0 Å². The van der Waals surface area contributed by atoms with Crippen molar-refractivity contribution in [1.82, 2.24) is 19.8 Å². The molecule has 3 heterocycles. The number of anilines is 1. The Morgan fingerprint density at radius 2 is 1.50 bits per heavy atom. The van der Waals surface area contributed by atoms with Crippen LogP contribution < -0.4 is 4.90 Å². The molecule has 0 aromatic carbocycles. The second-order valence-electron chi connectivity index (χ2n) is 6.30. The fraction of sp³-hybridized carbons (Fsp3) is 0.625. The van der Waals surface area contributed by atoms with Crippen LogP contribution in [0.15, 0.2) is 18.5 Å². The fourth-order valence-corrected chi connectivity index (χ4v) is 3.18. The van der Waals surface area contributed by atoms with Crippen LogP contribution in [0.5, 0.6) is 0 Å². The third-order valence-electron chi connectivity index (χ3n) is 4.29. The molecule has 2 saturated heterocycles. The zero-order valence-corrected chi connectivity index (χ0v) is 14.1. The molecule has 8 heteroatoms. The summed E-state index contributed by atoms with van der Waals surface area (Å²) in [4.78, 5) is 38.7. The first-order chi connectivity index (χ1) is 11.5. The minimum atomic E-state index is -0.429. The molecule has 3 rings (SSSR count). The molecule has 130 valence electrons. The van der Waals surface area contributed by atoms with Gasteiger partial charge >= 0.3 is 11.8 Å². The average molecular weight is 333 g/mol. The highest BCUT2D eigenvalue weighted by Gasteiger charge is 2.33. The van der Waals surface area contributed by atoms with E-state index < -0.39 is 11.8 Å². The van der Waals surface area contributed by atoms with Gasteiger partial charge in [-0.15, -0.1) is 0 Å². The maximum Gasteiger partial charge on any atom is 0.312 e. The Morgan fingerprint density at radius 3 is 2.08 bits per heavy atom. The molecule has 0 saturated carbocycles. The standard InChI is InChI=1S/C16H23N5O3/c1-12-10-21(11-13(2)24-12)15(23)14(22)19-6-8-20(9-7-19)16-17-4-3-5-18-16/h3-5,12-13H,6-11H2,1-2H3. The second kappa shape index (κ2) is 7.12. The highest BCUT2D eigenvalue weighted by atomic mass is 16.5. The van der Waals surface area contributed by atoms with Crippen LogP contribution in [-0.2, 0) is 14.3 Å². The quantitative estimate of drug-likeness (QED) is 0.660. The van der Waals surface area contributed by atoms with E-state index in [4.69, 9.17) is 4.74 Å². The van der Waals surface area contributed by atoms with E-state index in [1.807, 2.05) is 18.7 Å². The second-order valence-corrected chi connectivity index (χ2v) is 6.30. The molecule has 0 aliphatic carbocycles. The smallest absolute Gasteiger partial charge is 0.312 e. The maximum atomic E-state index is 12.5. The molecule has 2 atom stereocenters. The minimum absolute atomic E-state index is 0.0439. The van der Waals surface area contributed by atoms with Crippen LogP contribution in [0.2, 0.25) is 0 Å². The molecule has 1 aromatic rings. The molecular weight excluding hydrogens is 310 g/mol. The molecule has 0 bridgehead atoms. The first kappa shape index (κ1) is 16.6. The predicted octanol–water partition coefficient (Wildman–Crippen LogP) is -0.239. The lowest BCUT2D eigenvalue weighted by Gasteiger charge is -2.38. The zero-order valence-electron chi connectivity index (χ0n) is 14.1. The Morgan fingerprint density at radius 1 is 0.958 bits per heavy atom. The molecule has 8 nitrogen and oxygen atoms in total. The van der Waals surface area contributed by atoms with E-state index in [9.17, 15) is 9.59 Å². The van der Waals surface area contributed by atoms with Crippen molar-refractivity contribution in [1.29, 1.82) is 0 Å². The van der Waals surface area contributed by atoms with Crippen molar-refractivity contribution in [2.45, 2.75) is 26.1 Å². The molecule has 0 N–H and O–H groups in total. The van der Waals surface area contributed by atoms with Gasteiger partial charge in [-0.3, -0.25) is 9.59 Å². The molecule has 2 fully saturated rings. The molecule has 2 aliphatic heterocycles. The number of rotatable bonds is 1. The molecule has 24 heavy (non-hydrogen) atoms. The van der Waals surface area contributed by atoms with Gasteiger partial charge in [0.15, 0.2) is 0 Å². The van der Waals surface area contributed by atoms with Crippen molar-refractivity contribution in [2.75, 3.05) is 44.2 Å². The molecule has 2 unspecified atom stereocenters. The summed E-state index contributed by atoms with van der Waals surface area (Å²) >= 11 is 0. The van der Waals surface area contributed by atoms with Gasteiger partial charge in [0.25, 0.3) is 0 Å². The van der Waals surface area contributed by atoms with Gasteiger partial charge in [-0.2, -0.15) is 0 Å². The monoisotopic (exact) mass is 333 g/mol. The Kier molecular flexibility index (Phi) is 4.94. The lowest BCUT2D eigenvalue weighted by Crippen LogP contribution is -2.56. The summed E-state index contributed by atoms with van der Waals surface area (Å²) in [5.41, 5.74) is 0. The summed E-state index contributed by atoms with van der Waals surface area (Å²) in [6.07, 6.45) is 3.31. The maximum absolute atomic E-state index is 12.5. The van der Waals surface area contributed by atoms with Crippen molar-refractivity contribution in [2.24, 2.45) is 0 Å². The van der Waals surface area contributed by atoms with E-state index in [1.54, 1.807) is 28.3 Å². The Hall–Kier alpha value is -2.22. The highest BCUT2D eigenvalue weighted by Crippen LogP contribution is 2.13. The minimum Gasteiger partial charge on any atom is -0.372 e. The van der Waals surface area contributed by atoms with Gasteiger partial charge in [0, 0.05) is 51.7 Å². The SMILES string of the molecule is CC1CN(C(=O)C(=O)N2CCN(c3ncccn3)CC2)CC(C)O1. The van der Waals surface area contributed by atoms with Crippen LogP contribution >= 0.6 is 0 Å². The topological polar surface area (TPSA) is 78.9 Å². The van der Waals surface area contributed by atoms with Gasteiger partial charge in [0.1, 0.15) is 0 Å². The molecule has 2 aliphatic rings. The first-order valence-electron chi connectivity index (χ1n) is 8.30. The van der Waals surface area contributed by atoms with Crippen LogP contribution in [0.25, 0.3) is 0 Å². The molecule has 1 aromatic heterocycles. The van der Waals surface area contributed by atoms with E-state index in [-0.39, 0.29) is 12.2 Å². The zero-order chi connectivity index (χ0) is 17.1. The Bertz CT molecular complexity index is 579. The number of hydrogen-bond acceptors (Lipinski definition) is 6. The van der Waals surface area contributed by atoms with Crippen molar-refractivity contribution in [3.05, 3.63) is 18.5 Å². The Balaban J connectivity index is 1.56. The highest BCUT2D eigenvalue weighted by molar-refractivity contribution is 6.35. The predicted molar refractivity (Wildman–Crippen MR) is 87.4 cm³/mol. The number of carbonyl (C=O) groups is 2. The number of morpholine rings is 1. The molecule has 2 amide bonds. The average Bonchev–Trinajstić information content (AvgIpc) is 2.60. The van der Waals surface area contributed by atoms with Gasteiger partial charge in [-0.05, 0) is 19.9 Å². The third-order valence-corrected chi connectivity index (χ3v) is 4.29. The van der Waals surface area contributed by atoms with Crippen LogP contribution in [0.3, 0.4) is 0 Å².